The van der Waals surface area contributed by atoms with Crippen LogP contribution < -0.4 is 10.9 Å². The number of carboxylic acid groups (broad SMARTS) is 1. The van der Waals surface area contributed by atoms with E-state index >= 15 is 0 Å². The second-order valence-corrected chi connectivity index (χ2v) is 11.3. The zero-order chi connectivity index (χ0) is 29.0. The van der Waals surface area contributed by atoms with Crippen molar-refractivity contribution in [3.63, 3.8) is 0 Å². The van der Waals surface area contributed by atoms with Crippen LogP contribution in [0.1, 0.15) is 61.0 Å². The molecule has 1 aromatic heterocycles. The molecule has 2 atom stereocenters. The number of carbonyl (C=O) groups is 2. The molecule has 212 valence electrons. The number of likely N-dealkylation sites (tertiary alicyclic amines) is 1. The van der Waals surface area contributed by atoms with E-state index in [1.54, 1.807) is 12.3 Å². The lowest BCUT2D eigenvalue weighted by atomic mass is 9.92. The number of hydrogen-bond acceptors (Lipinski definition) is 4. The lowest BCUT2D eigenvalue weighted by Crippen LogP contribution is -2.47. The van der Waals surface area contributed by atoms with Crippen molar-refractivity contribution in [2.75, 3.05) is 13.1 Å². The highest BCUT2D eigenvalue weighted by Crippen LogP contribution is 2.30. The zero-order valence-electron chi connectivity index (χ0n) is 23.6. The number of carbonyl (C=O) groups excluding carboxylic acids is 1. The number of pyridine rings is 1. The summed E-state index contributed by atoms with van der Waals surface area (Å²) in [4.78, 5) is 40.5. The molecular formula is C32H38FN3O4. The van der Waals surface area contributed by atoms with Crippen LogP contribution in [0.4, 0.5) is 4.39 Å². The van der Waals surface area contributed by atoms with E-state index in [1.165, 1.54) is 10.6 Å². The third-order valence-electron chi connectivity index (χ3n) is 7.41. The molecule has 1 aliphatic rings. The van der Waals surface area contributed by atoms with Gasteiger partial charge in [-0.15, -0.1) is 0 Å². The van der Waals surface area contributed by atoms with Gasteiger partial charge in [0.15, 0.2) is 0 Å². The quantitative estimate of drug-likeness (QED) is 0.344. The topological polar surface area (TPSA) is 91.6 Å². The number of halogens is 1. The Morgan fingerprint density at radius 1 is 1.05 bits per heavy atom. The van der Waals surface area contributed by atoms with Gasteiger partial charge in [0.25, 0.3) is 5.56 Å². The van der Waals surface area contributed by atoms with Gasteiger partial charge in [0.1, 0.15) is 12.2 Å². The second kappa shape index (κ2) is 12.6. The first-order valence-corrected chi connectivity index (χ1v) is 13.8. The van der Waals surface area contributed by atoms with Crippen molar-refractivity contribution in [1.29, 1.82) is 0 Å². The lowest BCUT2D eigenvalue weighted by Gasteiger charge is -2.34. The molecule has 1 fully saturated rings. The number of rotatable bonds is 11. The van der Waals surface area contributed by atoms with E-state index in [-0.39, 0.29) is 17.9 Å². The van der Waals surface area contributed by atoms with Crippen molar-refractivity contribution < 1.29 is 19.1 Å². The van der Waals surface area contributed by atoms with Gasteiger partial charge in [-0.25, -0.2) is 4.39 Å². The average Bonchev–Trinajstić information content (AvgIpc) is 2.87. The number of amides is 1. The van der Waals surface area contributed by atoms with Gasteiger partial charge in [0.2, 0.25) is 5.91 Å². The number of nitrogens with zero attached hydrogens (tertiary/aromatic N) is 2. The van der Waals surface area contributed by atoms with Crippen LogP contribution in [-0.2, 0) is 16.1 Å². The highest BCUT2D eigenvalue weighted by atomic mass is 19.1. The number of carboxylic acids is 1. The van der Waals surface area contributed by atoms with Crippen LogP contribution in [0.25, 0.3) is 11.1 Å². The summed E-state index contributed by atoms with van der Waals surface area (Å²) in [5, 5.41) is 12.7. The third kappa shape index (κ3) is 7.04. The maximum absolute atomic E-state index is 13.8. The molecule has 8 heteroatoms. The number of benzene rings is 2. The minimum Gasteiger partial charge on any atom is -0.481 e. The standard InChI is InChI=1S/C32H38FN3O4/c1-20(2)13-28(36-17-23(11-12-29(36)37)16-35-18-26(33)19-35)32(40)34-27(15-30(38)39)24-9-6-10-25(14-24)31-21(3)7-5-8-22(31)4/h5-12,14,17,20,26-28H,13,15-16,18-19H2,1-4H3,(H,34,40)(H,38,39)/t27-,28?/m0/s1. The minimum absolute atomic E-state index is 0.0965. The fraction of sp³-hybridized carbons (Fsp3) is 0.406. The number of alkyl halides is 1. The van der Waals surface area contributed by atoms with Gasteiger partial charge in [-0.3, -0.25) is 19.3 Å². The van der Waals surface area contributed by atoms with Crippen molar-refractivity contribution >= 4 is 11.9 Å². The van der Waals surface area contributed by atoms with E-state index in [0.717, 1.165) is 27.8 Å². The van der Waals surface area contributed by atoms with Gasteiger partial charge >= 0.3 is 5.97 Å². The van der Waals surface area contributed by atoms with E-state index in [1.807, 2.05) is 75.1 Å². The minimum atomic E-state index is -1.04. The van der Waals surface area contributed by atoms with Crippen LogP contribution in [0.15, 0.2) is 65.6 Å². The molecule has 0 bridgehead atoms. The van der Waals surface area contributed by atoms with Gasteiger partial charge in [-0.05, 0) is 65.6 Å². The summed E-state index contributed by atoms with van der Waals surface area (Å²) in [7, 11) is 0. The van der Waals surface area contributed by atoms with Gasteiger partial charge in [0, 0.05) is 31.9 Å². The number of hydrogen-bond donors (Lipinski definition) is 2. The maximum Gasteiger partial charge on any atom is 0.305 e. The van der Waals surface area contributed by atoms with Gasteiger partial charge in [-0.2, -0.15) is 0 Å². The molecule has 0 spiro atoms. The highest BCUT2D eigenvalue weighted by Gasteiger charge is 2.29. The van der Waals surface area contributed by atoms with E-state index in [2.05, 4.69) is 5.32 Å². The number of aliphatic carboxylic acids is 1. The smallest absolute Gasteiger partial charge is 0.305 e. The SMILES string of the molecule is Cc1cccc(C)c1-c1cccc([C@H](CC(=O)O)NC(=O)C(CC(C)C)n2cc(CN3CC(F)C3)ccc2=O)c1. The molecule has 0 aliphatic carbocycles. The summed E-state index contributed by atoms with van der Waals surface area (Å²) in [6.07, 6.45) is 0.942. The Morgan fingerprint density at radius 2 is 1.73 bits per heavy atom. The first-order valence-electron chi connectivity index (χ1n) is 13.8. The number of aromatic nitrogens is 1. The molecule has 0 saturated carbocycles. The molecule has 2 N–H and O–H groups in total. The molecule has 2 heterocycles. The molecule has 40 heavy (non-hydrogen) atoms. The lowest BCUT2D eigenvalue weighted by molar-refractivity contribution is -0.138. The molecule has 1 aliphatic heterocycles. The van der Waals surface area contributed by atoms with E-state index < -0.39 is 30.1 Å². The summed E-state index contributed by atoms with van der Waals surface area (Å²) in [5.74, 6) is -1.35. The average molecular weight is 548 g/mol. The number of aryl methyl sites for hydroxylation is 2. The van der Waals surface area contributed by atoms with Crippen molar-refractivity contribution in [1.82, 2.24) is 14.8 Å². The summed E-state index contributed by atoms with van der Waals surface area (Å²) in [6, 6.07) is 15.2. The molecule has 0 radical (unpaired) electrons. The Morgan fingerprint density at radius 3 is 2.35 bits per heavy atom. The first kappa shape index (κ1) is 29.2. The third-order valence-corrected chi connectivity index (χ3v) is 7.41. The maximum atomic E-state index is 13.8. The van der Waals surface area contributed by atoms with Gasteiger partial charge in [-0.1, -0.05) is 56.3 Å². The molecular weight excluding hydrogens is 509 g/mol. The van der Waals surface area contributed by atoms with Crippen LogP contribution in [-0.4, -0.2) is 45.7 Å². The van der Waals surface area contributed by atoms with E-state index in [4.69, 9.17) is 0 Å². The van der Waals surface area contributed by atoms with Crippen LogP contribution in [0.3, 0.4) is 0 Å². The highest BCUT2D eigenvalue weighted by molar-refractivity contribution is 5.82. The Labute approximate surface area is 234 Å². The van der Waals surface area contributed by atoms with Crippen LogP contribution in [0.2, 0.25) is 0 Å². The van der Waals surface area contributed by atoms with Crippen molar-refractivity contribution in [3.05, 3.63) is 93.4 Å². The van der Waals surface area contributed by atoms with Crippen LogP contribution in [0, 0.1) is 19.8 Å². The first-order chi connectivity index (χ1) is 19.0. The number of nitrogens with one attached hydrogen (secondary N) is 1. The molecule has 1 unspecified atom stereocenters. The Balaban J connectivity index is 1.64. The summed E-state index contributed by atoms with van der Waals surface area (Å²) in [5.41, 5.74) is 5.41. The van der Waals surface area contributed by atoms with Gasteiger partial charge < -0.3 is 15.0 Å². The largest absolute Gasteiger partial charge is 0.481 e. The predicted molar refractivity (Wildman–Crippen MR) is 154 cm³/mol. The normalized spacial score (nSPS) is 15.4. The molecule has 1 amide bonds. The molecule has 2 aromatic carbocycles. The Hall–Kier alpha value is -3.78. The van der Waals surface area contributed by atoms with Crippen LogP contribution >= 0.6 is 0 Å². The van der Waals surface area contributed by atoms with Crippen LogP contribution in [0.5, 0.6) is 0 Å². The van der Waals surface area contributed by atoms with Crippen molar-refractivity contribution in [2.45, 2.75) is 65.3 Å². The Kier molecular flexibility index (Phi) is 9.20. The van der Waals surface area contributed by atoms with E-state index in [0.29, 0.717) is 31.6 Å². The molecule has 7 nitrogen and oxygen atoms in total. The summed E-state index contributed by atoms with van der Waals surface area (Å²) in [6.45, 7) is 9.21. The Bertz CT molecular complexity index is 1410. The molecule has 3 aromatic rings. The monoisotopic (exact) mass is 547 g/mol. The fourth-order valence-corrected chi connectivity index (χ4v) is 5.45. The molecule has 1 saturated heterocycles. The fourth-order valence-electron chi connectivity index (χ4n) is 5.45. The predicted octanol–water partition coefficient (Wildman–Crippen LogP) is 5.21. The summed E-state index contributed by atoms with van der Waals surface area (Å²) >= 11 is 0. The van der Waals surface area contributed by atoms with Crippen molar-refractivity contribution in [2.24, 2.45) is 5.92 Å². The van der Waals surface area contributed by atoms with E-state index in [9.17, 15) is 23.9 Å². The van der Waals surface area contributed by atoms with Crippen molar-refractivity contribution in [3.8, 4) is 11.1 Å². The zero-order valence-corrected chi connectivity index (χ0v) is 23.6. The second-order valence-electron chi connectivity index (χ2n) is 11.3. The van der Waals surface area contributed by atoms with Gasteiger partial charge in [0.05, 0.1) is 12.5 Å². The molecule has 4 rings (SSSR count). The summed E-state index contributed by atoms with van der Waals surface area (Å²) < 4.78 is 14.7.